The quantitative estimate of drug-likeness (QED) is 0.325. The van der Waals surface area contributed by atoms with E-state index in [1.54, 1.807) is 48.5 Å². The van der Waals surface area contributed by atoms with Crippen LogP contribution in [0.1, 0.15) is 27.0 Å². The average Bonchev–Trinajstić information content (AvgIpc) is 3.49. The number of halogens is 2. The van der Waals surface area contributed by atoms with Gasteiger partial charge in [0.25, 0.3) is 5.91 Å². The fourth-order valence-electron chi connectivity index (χ4n) is 3.87. The van der Waals surface area contributed by atoms with Gasteiger partial charge in [0.1, 0.15) is 5.58 Å². The van der Waals surface area contributed by atoms with Gasteiger partial charge in [-0.2, -0.15) is 0 Å². The second-order valence-corrected chi connectivity index (χ2v) is 9.26. The van der Waals surface area contributed by atoms with Gasteiger partial charge < -0.3 is 14.4 Å². The third-order valence-corrected chi connectivity index (χ3v) is 6.69. The van der Waals surface area contributed by atoms with Gasteiger partial charge in [0.2, 0.25) is 5.78 Å². The number of amides is 1. The van der Waals surface area contributed by atoms with Crippen LogP contribution in [0.25, 0.3) is 11.0 Å². The van der Waals surface area contributed by atoms with Crippen molar-refractivity contribution < 1.29 is 19.1 Å². The number of carbonyl (C=O) groups excluding carboxylic acids is 2. The molecular formula is C24H15Cl2NO4S. The molecule has 0 fully saturated rings. The molecule has 0 radical (unpaired) electrons. The predicted octanol–water partition coefficient (Wildman–Crippen LogP) is 6.58. The minimum absolute atomic E-state index is 0.0218. The van der Waals surface area contributed by atoms with Gasteiger partial charge in [0.05, 0.1) is 18.2 Å². The molecule has 2 aromatic heterocycles. The van der Waals surface area contributed by atoms with E-state index in [0.717, 1.165) is 4.88 Å². The first-order valence-corrected chi connectivity index (χ1v) is 11.3. The van der Waals surface area contributed by atoms with Crippen LogP contribution in [0.5, 0.6) is 0 Å². The first-order chi connectivity index (χ1) is 15.4. The monoisotopic (exact) mass is 483 g/mol. The molecule has 1 N–H and O–H groups in total. The van der Waals surface area contributed by atoms with Crippen molar-refractivity contribution in [2.24, 2.45) is 0 Å². The number of carbonyl (C=O) groups is 2. The Morgan fingerprint density at radius 3 is 2.53 bits per heavy atom. The Bertz CT molecular complexity index is 1370. The van der Waals surface area contributed by atoms with E-state index in [-0.39, 0.29) is 17.9 Å². The van der Waals surface area contributed by atoms with Crippen LogP contribution in [0.15, 0.2) is 81.8 Å². The van der Waals surface area contributed by atoms with Crippen LogP contribution in [-0.4, -0.2) is 21.7 Å². The van der Waals surface area contributed by atoms with Gasteiger partial charge in [-0.05, 0) is 53.4 Å². The van der Waals surface area contributed by atoms with Gasteiger partial charge in [-0.15, -0.1) is 11.3 Å². The minimum Gasteiger partial charge on any atom is -0.503 e. The Balaban J connectivity index is 1.60. The highest BCUT2D eigenvalue weighted by atomic mass is 35.5. The lowest BCUT2D eigenvalue weighted by atomic mass is 9.95. The molecule has 5 rings (SSSR count). The van der Waals surface area contributed by atoms with Crippen LogP contribution in [0.3, 0.4) is 0 Å². The maximum atomic E-state index is 13.5. The summed E-state index contributed by atoms with van der Waals surface area (Å²) in [4.78, 5) is 29.0. The second kappa shape index (κ2) is 8.13. The second-order valence-electron chi connectivity index (χ2n) is 7.35. The highest BCUT2D eigenvalue weighted by Gasteiger charge is 2.44. The molecule has 0 bridgehead atoms. The Morgan fingerprint density at radius 1 is 1.06 bits per heavy atom. The Hall–Kier alpha value is -3.06. The van der Waals surface area contributed by atoms with E-state index in [1.807, 2.05) is 17.5 Å². The fraction of sp³-hybridized carbons (Fsp3) is 0.0833. The molecular weight excluding hydrogens is 469 g/mol. The summed E-state index contributed by atoms with van der Waals surface area (Å²) in [5.74, 6) is -1.73. The number of hydrogen-bond donors (Lipinski definition) is 1. The molecule has 3 heterocycles. The van der Waals surface area contributed by atoms with E-state index in [9.17, 15) is 14.7 Å². The van der Waals surface area contributed by atoms with Gasteiger partial charge >= 0.3 is 0 Å². The number of Topliss-reactive ketones (excluding diaryl/α,β-unsaturated/α-hetero) is 1. The van der Waals surface area contributed by atoms with E-state index >= 15 is 0 Å². The van der Waals surface area contributed by atoms with Crippen molar-refractivity contribution in [3.8, 4) is 0 Å². The molecule has 1 unspecified atom stereocenters. The first-order valence-electron chi connectivity index (χ1n) is 9.68. The smallest absolute Gasteiger partial charge is 0.290 e. The molecule has 2 aromatic carbocycles. The third kappa shape index (κ3) is 3.60. The number of hydrogen-bond acceptors (Lipinski definition) is 5. The lowest BCUT2D eigenvalue weighted by Gasteiger charge is -2.26. The summed E-state index contributed by atoms with van der Waals surface area (Å²) in [5, 5.41) is 14.4. The largest absolute Gasteiger partial charge is 0.503 e. The Kier molecular flexibility index (Phi) is 5.29. The topological polar surface area (TPSA) is 70.8 Å². The number of benzene rings is 2. The maximum Gasteiger partial charge on any atom is 0.290 e. The van der Waals surface area contributed by atoms with Crippen molar-refractivity contribution >= 4 is 57.2 Å². The van der Waals surface area contributed by atoms with Crippen molar-refractivity contribution in [3.05, 3.63) is 104 Å². The lowest BCUT2D eigenvalue weighted by Crippen LogP contribution is -2.30. The van der Waals surface area contributed by atoms with Crippen LogP contribution in [-0.2, 0) is 11.3 Å². The summed E-state index contributed by atoms with van der Waals surface area (Å²) >= 11 is 13.6. The molecule has 32 heavy (non-hydrogen) atoms. The van der Waals surface area contributed by atoms with Crippen LogP contribution in [0.2, 0.25) is 10.0 Å². The molecule has 1 aliphatic heterocycles. The van der Waals surface area contributed by atoms with E-state index in [2.05, 4.69) is 0 Å². The summed E-state index contributed by atoms with van der Waals surface area (Å²) in [7, 11) is 0. The Morgan fingerprint density at radius 2 is 1.81 bits per heavy atom. The molecule has 1 atom stereocenters. The number of aliphatic hydroxyl groups excluding tert-OH is 1. The lowest BCUT2D eigenvalue weighted by molar-refractivity contribution is -0.130. The molecule has 0 saturated heterocycles. The normalized spacial score (nSPS) is 16.4. The van der Waals surface area contributed by atoms with Gasteiger partial charge in [0, 0.05) is 20.3 Å². The van der Waals surface area contributed by atoms with Crippen molar-refractivity contribution in [3.63, 3.8) is 0 Å². The van der Waals surface area contributed by atoms with Gasteiger partial charge in [-0.3, -0.25) is 9.59 Å². The summed E-state index contributed by atoms with van der Waals surface area (Å²) in [6.45, 7) is 0.250. The number of furan rings is 1. The predicted molar refractivity (Wildman–Crippen MR) is 124 cm³/mol. The summed E-state index contributed by atoms with van der Waals surface area (Å²) in [5.41, 5.74) is 1.12. The van der Waals surface area contributed by atoms with E-state index in [1.165, 1.54) is 16.2 Å². The van der Waals surface area contributed by atoms with Crippen LogP contribution in [0, 0.1) is 0 Å². The van der Waals surface area contributed by atoms with Gasteiger partial charge in [0.15, 0.2) is 11.5 Å². The van der Waals surface area contributed by atoms with Crippen LogP contribution >= 0.6 is 34.5 Å². The van der Waals surface area contributed by atoms with Crippen molar-refractivity contribution in [2.75, 3.05) is 0 Å². The first kappa shape index (κ1) is 20.8. The number of nitrogens with zero attached hydrogens (tertiary/aromatic N) is 1. The van der Waals surface area contributed by atoms with Crippen LogP contribution < -0.4 is 0 Å². The number of thiophene rings is 1. The van der Waals surface area contributed by atoms with E-state index < -0.39 is 23.5 Å². The molecule has 1 amide bonds. The molecule has 1 aliphatic rings. The number of rotatable bonds is 5. The molecule has 0 spiro atoms. The molecule has 4 aromatic rings. The van der Waals surface area contributed by atoms with Gasteiger partial charge in [-0.25, -0.2) is 0 Å². The SMILES string of the molecule is O=C(C1=C(O)C(=O)N(Cc2cccs2)C1c1ccc(Cl)cc1)c1cc2cc(Cl)ccc2o1. The van der Waals surface area contributed by atoms with Crippen molar-refractivity contribution in [1.82, 2.24) is 4.90 Å². The fourth-order valence-corrected chi connectivity index (χ4v) is 4.88. The third-order valence-electron chi connectivity index (χ3n) is 5.34. The maximum absolute atomic E-state index is 13.5. The highest BCUT2D eigenvalue weighted by Crippen LogP contribution is 2.41. The number of fused-ring (bicyclic) bond motifs is 1. The van der Waals surface area contributed by atoms with E-state index in [0.29, 0.717) is 26.6 Å². The summed E-state index contributed by atoms with van der Waals surface area (Å²) < 4.78 is 5.72. The number of aliphatic hydroxyl groups is 1. The minimum atomic E-state index is -0.786. The molecule has 0 aliphatic carbocycles. The zero-order valence-electron chi connectivity index (χ0n) is 16.4. The molecule has 5 nitrogen and oxygen atoms in total. The highest BCUT2D eigenvalue weighted by molar-refractivity contribution is 7.09. The Labute approximate surface area is 197 Å². The summed E-state index contributed by atoms with van der Waals surface area (Å²) in [6, 6.07) is 16.4. The molecule has 160 valence electrons. The van der Waals surface area contributed by atoms with E-state index in [4.69, 9.17) is 27.6 Å². The van der Waals surface area contributed by atoms with Crippen molar-refractivity contribution in [2.45, 2.75) is 12.6 Å². The summed E-state index contributed by atoms with van der Waals surface area (Å²) in [6.07, 6.45) is 0. The molecule has 0 saturated carbocycles. The standard InChI is InChI=1S/C24H15Cl2NO4S/c25-15-5-3-13(4-6-15)21-20(23(29)24(30)27(21)12-17-2-1-9-32-17)22(28)19-11-14-10-16(26)7-8-18(14)31-19/h1-11,21,29H,12H2. The zero-order valence-corrected chi connectivity index (χ0v) is 18.7. The molecule has 8 heteroatoms. The van der Waals surface area contributed by atoms with Gasteiger partial charge in [-0.1, -0.05) is 41.4 Å². The van der Waals surface area contributed by atoms with Crippen molar-refractivity contribution in [1.29, 1.82) is 0 Å². The van der Waals surface area contributed by atoms with Crippen LogP contribution in [0.4, 0.5) is 0 Å². The average molecular weight is 484 g/mol. The number of ketones is 1. The zero-order chi connectivity index (χ0) is 22.4.